The SMILES string of the molecule is CC(C)c1ncc(CS)s1. The molecule has 0 saturated carbocycles. The summed E-state index contributed by atoms with van der Waals surface area (Å²) in [6.45, 7) is 4.31. The van der Waals surface area contributed by atoms with Crippen molar-refractivity contribution in [3.05, 3.63) is 16.1 Å². The molecule has 0 fully saturated rings. The Kier molecular flexibility index (Phi) is 2.74. The van der Waals surface area contributed by atoms with Crippen molar-refractivity contribution in [2.75, 3.05) is 0 Å². The summed E-state index contributed by atoms with van der Waals surface area (Å²) in [7, 11) is 0. The number of rotatable bonds is 2. The van der Waals surface area contributed by atoms with E-state index in [1.54, 1.807) is 11.3 Å². The minimum absolute atomic E-state index is 0.554. The van der Waals surface area contributed by atoms with Gasteiger partial charge in [-0.15, -0.1) is 11.3 Å². The standard InChI is InChI=1S/C7H11NS2/c1-5(2)7-8-3-6(4-9)10-7/h3,5,9H,4H2,1-2H3. The molecule has 1 heterocycles. The van der Waals surface area contributed by atoms with Gasteiger partial charge in [0.2, 0.25) is 0 Å². The predicted molar refractivity (Wildman–Crippen MR) is 48.9 cm³/mol. The van der Waals surface area contributed by atoms with E-state index in [4.69, 9.17) is 0 Å². The summed E-state index contributed by atoms with van der Waals surface area (Å²) in [5.74, 6) is 1.36. The van der Waals surface area contributed by atoms with Gasteiger partial charge in [0.15, 0.2) is 0 Å². The molecule has 0 unspecified atom stereocenters. The highest BCUT2D eigenvalue weighted by molar-refractivity contribution is 7.79. The zero-order chi connectivity index (χ0) is 7.56. The van der Waals surface area contributed by atoms with E-state index in [2.05, 4.69) is 31.5 Å². The smallest absolute Gasteiger partial charge is 0.0953 e. The lowest BCUT2D eigenvalue weighted by Crippen LogP contribution is -1.81. The van der Waals surface area contributed by atoms with Crippen LogP contribution in [0.1, 0.15) is 29.7 Å². The number of hydrogen-bond acceptors (Lipinski definition) is 3. The van der Waals surface area contributed by atoms with Gasteiger partial charge in [-0.25, -0.2) is 4.98 Å². The summed E-state index contributed by atoms with van der Waals surface area (Å²) in [6, 6.07) is 0. The molecule has 0 spiro atoms. The van der Waals surface area contributed by atoms with Crippen LogP contribution in [0.3, 0.4) is 0 Å². The highest BCUT2D eigenvalue weighted by Crippen LogP contribution is 2.21. The molecule has 10 heavy (non-hydrogen) atoms. The molecule has 0 aliphatic heterocycles. The van der Waals surface area contributed by atoms with Crippen LogP contribution in [0.15, 0.2) is 6.20 Å². The van der Waals surface area contributed by atoms with E-state index >= 15 is 0 Å². The highest BCUT2D eigenvalue weighted by Gasteiger charge is 2.03. The number of aromatic nitrogens is 1. The zero-order valence-electron chi connectivity index (χ0n) is 6.16. The molecular weight excluding hydrogens is 162 g/mol. The molecule has 1 nitrogen and oxygen atoms in total. The van der Waals surface area contributed by atoms with Gasteiger partial charge in [0.1, 0.15) is 0 Å². The van der Waals surface area contributed by atoms with Gasteiger partial charge in [0, 0.05) is 22.7 Å². The quantitative estimate of drug-likeness (QED) is 0.678. The van der Waals surface area contributed by atoms with Crippen LogP contribution in [0.4, 0.5) is 0 Å². The number of nitrogens with zero attached hydrogens (tertiary/aromatic N) is 1. The topological polar surface area (TPSA) is 12.9 Å². The normalized spacial score (nSPS) is 10.8. The molecule has 1 rings (SSSR count). The van der Waals surface area contributed by atoms with Crippen LogP contribution < -0.4 is 0 Å². The van der Waals surface area contributed by atoms with Gasteiger partial charge in [-0.1, -0.05) is 13.8 Å². The van der Waals surface area contributed by atoms with Crippen LogP contribution in [-0.2, 0) is 5.75 Å². The van der Waals surface area contributed by atoms with Gasteiger partial charge in [-0.2, -0.15) is 12.6 Å². The van der Waals surface area contributed by atoms with Crippen molar-refractivity contribution in [3.63, 3.8) is 0 Å². The Morgan fingerprint density at radius 1 is 1.70 bits per heavy atom. The molecule has 0 amide bonds. The Hall–Kier alpha value is -0.0200. The van der Waals surface area contributed by atoms with E-state index in [0.717, 1.165) is 5.75 Å². The summed E-state index contributed by atoms with van der Waals surface area (Å²) in [5, 5.41) is 1.21. The molecule has 0 aromatic carbocycles. The second-order valence-electron chi connectivity index (χ2n) is 2.48. The van der Waals surface area contributed by atoms with Gasteiger partial charge in [-0.05, 0) is 0 Å². The Morgan fingerprint density at radius 2 is 2.40 bits per heavy atom. The van der Waals surface area contributed by atoms with Crippen molar-refractivity contribution in [1.82, 2.24) is 4.98 Å². The van der Waals surface area contributed by atoms with Crippen molar-refractivity contribution in [1.29, 1.82) is 0 Å². The Bertz CT molecular complexity index is 205. The maximum absolute atomic E-state index is 4.26. The van der Waals surface area contributed by atoms with E-state index < -0.39 is 0 Å². The molecule has 0 saturated heterocycles. The zero-order valence-corrected chi connectivity index (χ0v) is 7.88. The summed E-state index contributed by atoms with van der Waals surface area (Å²) in [6.07, 6.45) is 1.91. The lowest BCUT2D eigenvalue weighted by molar-refractivity contribution is 0.852. The van der Waals surface area contributed by atoms with Crippen LogP contribution in [0.5, 0.6) is 0 Å². The van der Waals surface area contributed by atoms with E-state index in [-0.39, 0.29) is 0 Å². The van der Waals surface area contributed by atoms with Gasteiger partial charge in [-0.3, -0.25) is 0 Å². The summed E-state index contributed by atoms with van der Waals surface area (Å²) >= 11 is 5.92. The third kappa shape index (κ3) is 1.73. The monoisotopic (exact) mass is 173 g/mol. The molecule has 1 aromatic heterocycles. The van der Waals surface area contributed by atoms with Crippen molar-refractivity contribution >= 4 is 24.0 Å². The summed E-state index contributed by atoms with van der Waals surface area (Å²) in [4.78, 5) is 5.51. The van der Waals surface area contributed by atoms with E-state index in [9.17, 15) is 0 Å². The fourth-order valence-electron chi connectivity index (χ4n) is 0.663. The second-order valence-corrected chi connectivity index (χ2v) is 3.94. The molecule has 1 aromatic rings. The number of hydrogen-bond donors (Lipinski definition) is 1. The molecule has 56 valence electrons. The first kappa shape index (κ1) is 8.08. The first-order valence-corrected chi connectivity index (χ1v) is 4.74. The molecule has 3 heteroatoms. The van der Waals surface area contributed by atoms with E-state index in [1.165, 1.54) is 9.88 Å². The van der Waals surface area contributed by atoms with Crippen LogP contribution in [0.2, 0.25) is 0 Å². The average molecular weight is 173 g/mol. The Labute approximate surface area is 70.9 Å². The van der Waals surface area contributed by atoms with Crippen molar-refractivity contribution < 1.29 is 0 Å². The van der Waals surface area contributed by atoms with Gasteiger partial charge in [0.25, 0.3) is 0 Å². The Balaban J connectivity index is 2.78. The minimum atomic E-state index is 0.554. The largest absolute Gasteiger partial charge is 0.249 e. The molecule has 0 radical (unpaired) electrons. The van der Waals surface area contributed by atoms with Gasteiger partial charge in [0.05, 0.1) is 5.01 Å². The minimum Gasteiger partial charge on any atom is -0.249 e. The molecule has 0 bridgehead atoms. The predicted octanol–water partition coefficient (Wildman–Crippen LogP) is 2.70. The van der Waals surface area contributed by atoms with E-state index in [1.807, 2.05) is 6.20 Å². The third-order valence-electron chi connectivity index (χ3n) is 1.22. The van der Waals surface area contributed by atoms with Crippen LogP contribution >= 0.6 is 24.0 Å². The lowest BCUT2D eigenvalue weighted by atomic mass is 10.2. The molecule has 0 aliphatic carbocycles. The number of thiol groups is 1. The maximum atomic E-state index is 4.26. The van der Waals surface area contributed by atoms with Crippen molar-refractivity contribution in [2.45, 2.75) is 25.5 Å². The van der Waals surface area contributed by atoms with Crippen molar-refractivity contribution in [2.24, 2.45) is 0 Å². The maximum Gasteiger partial charge on any atom is 0.0953 e. The summed E-state index contributed by atoms with van der Waals surface area (Å²) in [5.41, 5.74) is 0. The van der Waals surface area contributed by atoms with Gasteiger partial charge < -0.3 is 0 Å². The fourth-order valence-corrected chi connectivity index (χ4v) is 1.72. The van der Waals surface area contributed by atoms with Crippen LogP contribution in [-0.4, -0.2) is 4.98 Å². The lowest BCUT2D eigenvalue weighted by Gasteiger charge is -1.94. The summed E-state index contributed by atoms with van der Waals surface area (Å²) < 4.78 is 0. The van der Waals surface area contributed by atoms with Crippen LogP contribution in [0, 0.1) is 0 Å². The first-order valence-electron chi connectivity index (χ1n) is 3.29. The first-order chi connectivity index (χ1) is 4.74. The van der Waals surface area contributed by atoms with Crippen molar-refractivity contribution in [3.8, 4) is 0 Å². The fraction of sp³-hybridized carbons (Fsp3) is 0.571. The second kappa shape index (κ2) is 3.39. The third-order valence-corrected chi connectivity index (χ3v) is 3.07. The highest BCUT2D eigenvalue weighted by atomic mass is 32.1. The number of thiazole rings is 1. The van der Waals surface area contributed by atoms with Crippen LogP contribution in [0.25, 0.3) is 0 Å². The average Bonchev–Trinajstić information content (AvgIpc) is 2.34. The molecule has 0 atom stereocenters. The molecular formula is C7H11NS2. The van der Waals surface area contributed by atoms with E-state index in [0.29, 0.717) is 5.92 Å². The Morgan fingerprint density at radius 3 is 2.70 bits per heavy atom. The molecule has 0 aliphatic rings. The van der Waals surface area contributed by atoms with Gasteiger partial charge >= 0.3 is 0 Å². The molecule has 0 N–H and O–H groups in total.